The van der Waals surface area contributed by atoms with E-state index in [1.165, 1.54) is 0 Å². The number of carbonyl (C=O) groups excluding carboxylic acids is 1. The summed E-state index contributed by atoms with van der Waals surface area (Å²) in [5.41, 5.74) is 2.55. The monoisotopic (exact) mass is 366 g/mol. The number of nitrogens with one attached hydrogen (secondary N) is 1. The van der Waals surface area contributed by atoms with Crippen molar-refractivity contribution in [1.82, 2.24) is 4.98 Å². The summed E-state index contributed by atoms with van der Waals surface area (Å²) in [6.07, 6.45) is 2.18. The molecule has 3 nitrogen and oxygen atoms in total. The Hall–Kier alpha value is -2.39. The Kier molecular flexibility index (Phi) is 5.01. The summed E-state index contributed by atoms with van der Waals surface area (Å²) >= 11 is 6.08. The lowest BCUT2D eigenvalue weighted by Crippen LogP contribution is -2.14. The van der Waals surface area contributed by atoms with Crippen molar-refractivity contribution in [2.24, 2.45) is 5.41 Å². The predicted molar refractivity (Wildman–Crippen MR) is 110 cm³/mol. The minimum atomic E-state index is -0.0657. The smallest absolute Gasteiger partial charge is 0.165 e. The number of halogens is 1. The van der Waals surface area contributed by atoms with E-state index in [1.54, 1.807) is 6.20 Å². The fraction of sp³-hybridized carbons (Fsp3) is 0.273. The van der Waals surface area contributed by atoms with Crippen LogP contribution in [0.1, 0.15) is 43.1 Å². The van der Waals surface area contributed by atoms with Gasteiger partial charge in [-0.2, -0.15) is 0 Å². The van der Waals surface area contributed by atoms with E-state index in [9.17, 15) is 4.79 Å². The first kappa shape index (κ1) is 18.4. The molecule has 0 unspecified atom stereocenters. The van der Waals surface area contributed by atoms with Gasteiger partial charge in [-0.25, -0.2) is 4.98 Å². The van der Waals surface area contributed by atoms with E-state index in [-0.39, 0.29) is 11.2 Å². The molecule has 0 saturated heterocycles. The van der Waals surface area contributed by atoms with Gasteiger partial charge in [-0.05, 0) is 36.1 Å². The summed E-state index contributed by atoms with van der Waals surface area (Å²) in [6, 6.07) is 13.5. The van der Waals surface area contributed by atoms with Crippen molar-refractivity contribution in [3.05, 3.63) is 64.8 Å². The number of benzene rings is 2. The minimum Gasteiger partial charge on any atom is -0.340 e. The van der Waals surface area contributed by atoms with Gasteiger partial charge in [-0.15, -0.1) is 0 Å². The van der Waals surface area contributed by atoms with Crippen LogP contribution in [-0.2, 0) is 0 Å². The Balaban J connectivity index is 2.10. The van der Waals surface area contributed by atoms with Gasteiger partial charge in [-0.1, -0.05) is 56.6 Å². The molecule has 0 fully saturated rings. The highest BCUT2D eigenvalue weighted by molar-refractivity contribution is 6.30. The largest absolute Gasteiger partial charge is 0.340 e. The van der Waals surface area contributed by atoms with Crippen molar-refractivity contribution in [1.29, 1.82) is 0 Å². The highest BCUT2D eigenvalue weighted by Crippen LogP contribution is 2.32. The molecule has 1 N–H and O–H groups in total. The number of nitrogens with zero attached hydrogens (tertiary/aromatic N) is 1. The quantitative estimate of drug-likeness (QED) is 0.531. The zero-order chi connectivity index (χ0) is 18.9. The predicted octanol–water partition coefficient (Wildman–Crippen LogP) is 6.56. The number of pyridine rings is 1. The van der Waals surface area contributed by atoms with Gasteiger partial charge in [0.15, 0.2) is 5.78 Å². The van der Waals surface area contributed by atoms with Crippen molar-refractivity contribution < 1.29 is 4.79 Å². The molecule has 0 aliphatic rings. The van der Waals surface area contributed by atoms with E-state index in [0.29, 0.717) is 17.0 Å². The van der Waals surface area contributed by atoms with E-state index < -0.39 is 0 Å². The van der Waals surface area contributed by atoms with Crippen LogP contribution in [0.25, 0.3) is 10.8 Å². The second kappa shape index (κ2) is 7.08. The fourth-order valence-electron chi connectivity index (χ4n) is 3.08. The number of aromatic nitrogens is 1. The number of aryl methyl sites for hydroxylation is 1. The maximum atomic E-state index is 12.9. The summed E-state index contributed by atoms with van der Waals surface area (Å²) < 4.78 is 0. The molecule has 0 amide bonds. The summed E-state index contributed by atoms with van der Waals surface area (Å²) in [5, 5.41) is 5.88. The maximum absolute atomic E-state index is 12.9. The lowest BCUT2D eigenvalue weighted by atomic mass is 9.86. The normalized spacial score (nSPS) is 11.6. The molecule has 1 heterocycles. The van der Waals surface area contributed by atoms with Gasteiger partial charge in [0.25, 0.3) is 0 Å². The number of hydrogen-bond acceptors (Lipinski definition) is 3. The summed E-state index contributed by atoms with van der Waals surface area (Å²) in [7, 11) is 0. The van der Waals surface area contributed by atoms with E-state index in [0.717, 1.165) is 27.8 Å². The molecule has 26 heavy (non-hydrogen) atoms. The average Bonchev–Trinajstić information content (AvgIpc) is 2.54. The molecule has 134 valence electrons. The maximum Gasteiger partial charge on any atom is 0.165 e. The molecule has 0 aliphatic carbocycles. The molecule has 0 bridgehead atoms. The van der Waals surface area contributed by atoms with Crippen LogP contribution in [0.2, 0.25) is 5.02 Å². The molecule has 0 radical (unpaired) electrons. The SMILES string of the molecule is Cc1cccc2c(Nc3cccc(Cl)c3)ncc(C(=O)CC(C)(C)C)c12. The minimum absolute atomic E-state index is 0.0657. The van der Waals surface area contributed by atoms with Crippen molar-refractivity contribution in [2.75, 3.05) is 5.32 Å². The van der Waals surface area contributed by atoms with Crippen LogP contribution in [0, 0.1) is 12.3 Å². The first-order chi connectivity index (χ1) is 12.2. The number of ketones is 1. The van der Waals surface area contributed by atoms with Gasteiger partial charge in [0.2, 0.25) is 0 Å². The van der Waals surface area contributed by atoms with Crippen LogP contribution in [0.5, 0.6) is 0 Å². The average molecular weight is 367 g/mol. The second-order valence-corrected chi connectivity index (χ2v) is 8.25. The van der Waals surface area contributed by atoms with Crippen LogP contribution < -0.4 is 5.32 Å². The summed E-state index contributed by atoms with van der Waals surface area (Å²) in [4.78, 5) is 17.4. The Morgan fingerprint density at radius 1 is 1.15 bits per heavy atom. The zero-order valence-corrected chi connectivity index (χ0v) is 16.3. The Labute approximate surface area is 159 Å². The molecule has 3 aromatic rings. The third-order valence-corrected chi connectivity index (χ3v) is 4.43. The van der Waals surface area contributed by atoms with E-state index in [2.05, 4.69) is 31.1 Å². The zero-order valence-electron chi connectivity index (χ0n) is 15.6. The number of carbonyl (C=O) groups is 1. The number of fused-ring (bicyclic) bond motifs is 1. The molecule has 0 atom stereocenters. The van der Waals surface area contributed by atoms with Crippen LogP contribution in [0.3, 0.4) is 0 Å². The first-order valence-corrected chi connectivity index (χ1v) is 9.06. The van der Waals surface area contributed by atoms with Gasteiger partial charge >= 0.3 is 0 Å². The highest BCUT2D eigenvalue weighted by Gasteiger charge is 2.21. The van der Waals surface area contributed by atoms with Crippen molar-refractivity contribution in [3.8, 4) is 0 Å². The van der Waals surface area contributed by atoms with Crippen LogP contribution in [0.15, 0.2) is 48.7 Å². The number of Topliss-reactive ketones (excluding diaryl/α,β-unsaturated/α-hetero) is 1. The first-order valence-electron chi connectivity index (χ1n) is 8.69. The van der Waals surface area contributed by atoms with Gasteiger partial charge in [0.05, 0.1) is 0 Å². The molecular formula is C22H23ClN2O. The topological polar surface area (TPSA) is 42.0 Å². The number of hydrogen-bond donors (Lipinski definition) is 1. The highest BCUT2D eigenvalue weighted by atomic mass is 35.5. The number of rotatable bonds is 4. The second-order valence-electron chi connectivity index (χ2n) is 7.81. The molecule has 3 rings (SSSR count). The fourth-order valence-corrected chi connectivity index (χ4v) is 3.27. The lowest BCUT2D eigenvalue weighted by Gasteiger charge is -2.19. The molecule has 0 aliphatic heterocycles. The van der Waals surface area contributed by atoms with E-state index >= 15 is 0 Å². The van der Waals surface area contributed by atoms with Gasteiger partial charge in [0.1, 0.15) is 5.82 Å². The number of anilines is 2. The lowest BCUT2D eigenvalue weighted by molar-refractivity contribution is 0.0941. The van der Waals surface area contributed by atoms with E-state index in [1.807, 2.05) is 49.4 Å². The van der Waals surface area contributed by atoms with Gasteiger partial charge in [0, 0.05) is 39.7 Å². The molecule has 4 heteroatoms. The van der Waals surface area contributed by atoms with Crippen molar-refractivity contribution in [2.45, 2.75) is 34.1 Å². The molecule has 0 spiro atoms. The Bertz CT molecular complexity index is 974. The van der Waals surface area contributed by atoms with Crippen molar-refractivity contribution >= 4 is 39.7 Å². The molecule has 2 aromatic carbocycles. The van der Waals surface area contributed by atoms with Crippen LogP contribution in [0.4, 0.5) is 11.5 Å². The Morgan fingerprint density at radius 3 is 2.58 bits per heavy atom. The molecular weight excluding hydrogens is 344 g/mol. The molecule has 0 saturated carbocycles. The standard InChI is InChI=1S/C22H23ClN2O/c1-14-7-5-10-17-20(14)18(19(26)12-22(2,3)4)13-24-21(17)25-16-9-6-8-15(23)11-16/h5-11,13H,12H2,1-4H3,(H,24,25). The van der Waals surface area contributed by atoms with E-state index in [4.69, 9.17) is 11.6 Å². The third-order valence-electron chi connectivity index (χ3n) is 4.20. The van der Waals surface area contributed by atoms with Crippen LogP contribution >= 0.6 is 11.6 Å². The van der Waals surface area contributed by atoms with Gasteiger partial charge in [-0.3, -0.25) is 4.79 Å². The van der Waals surface area contributed by atoms with Crippen LogP contribution in [-0.4, -0.2) is 10.8 Å². The summed E-state index contributed by atoms with van der Waals surface area (Å²) in [5.74, 6) is 0.844. The van der Waals surface area contributed by atoms with Crippen molar-refractivity contribution in [3.63, 3.8) is 0 Å². The Morgan fingerprint density at radius 2 is 1.88 bits per heavy atom. The summed E-state index contributed by atoms with van der Waals surface area (Å²) in [6.45, 7) is 8.24. The third kappa shape index (κ3) is 4.05. The molecule has 1 aromatic heterocycles. The van der Waals surface area contributed by atoms with Gasteiger partial charge < -0.3 is 5.32 Å².